The lowest BCUT2D eigenvalue weighted by atomic mass is 10.2. The van der Waals surface area contributed by atoms with Gasteiger partial charge in [-0.3, -0.25) is 9.59 Å². The van der Waals surface area contributed by atoms with Gasteiger partial charge >= 0.3 is 0 Å². The zero-order chi connectivity index (χ0) is 15.4. The number of hydrogen-bond donors (Lipinski definition) is 3. The third kappa shape index (κ3) is 4.40. The van der Waals surface area contributed by atoms with Gasteiger partial charge in [-0.25, -0.2) is 9.97 Å². The molecule has 1 aliphatic carbocycles. The van der Waals surface area contributed by atoms with Crippen molar-refractivity contribution in [3.8, 4) is 0 Å². The molecule has 1 aliphatic rings. The van der Waals surface area contributed by atoms with E-state index < -0.39 is 0 Å². The first-order chi connectivity index (χ1) is 9.97. The fraction of sp³-hybridized carbons (Fsp3) is 0.571. The van der Waals surface area contributed by atoms with Crippen LogP contribution in [0, 0.1) is 0 Å². The van der Waals surface area contributed by atoms with Gasteiger partial charge in [-0.05, 0) is 12.8 Å². The molecule has 0 spiro atoms. The minimum atomic E-state index is -0.379. The molecule has 0 bridgehead atoms. The number of amides is 2. The van der Waals surface area contributed by atoms with E-state index in [0.29, 0.717) is 11.9 Å². The molecule has 7 heteroatoms. The van der Waals surface area contributed by atoms with Crippen molar-refractivity contribution in [3.63, 3.8) is 0 Å². The van der Waals surface area contributed by atoms with E-state index in [4.69, 9.17) is 5.73 Å². The van der Waals surface area contributed by atoms with E-state index in [9.17, 15) is 9.59 Å². The van der Waals surface area contributed by atoms with Crippen LogP contribution in [0.15, 0.2) is 6.20 Å². The molecular formula is C14H21N5O2. The Bertz CT molecular complexity index is 540. The Morgan fingerprint density at radius 1 is 1.43 bits per heavy atom. The van der Waals surface area contributed by atoms with Crippen LogP contribution >= 0.6 is 0 Å². The van der Waals surface area contributed by atoms with Crippen molar-refractivity contribution in [2.24, 2.45) is 0 Å². The molecule has 114 valence electrons. The lowest BCUT2D eigenvalue weighted by Crippen LogP contribution is -2.32. The van der Waals surface area contributed by atoms with Gasteiger partial charge in [-0.1, -0.05) is 13.8 Å². The maximum absolute atomic E-state index is 12.0. The van der Waals surface area contributed by atoms with Gasteiger partial charge in [0.15, 0.2) is 5.69 Å². The summed E-state index contributed by atoms with van der Waals surface area (Å²) in [6, 6.07) is 0.333. The maximum Gasteiger partial charge on any atom is 0.272 e. The van der Waals surface area contributed by atoms with Gasteiger partial charge in [0.1, 0.15) is 5.82 Å². The molecule has 2 amide bonds. The average Bonchev–Trinajstić information content (AvgIpc) is 3.22. The first-order valence-electron chi connectivity index (χ1n) is 7.17. The topological polar surface area (TPSA) is 110 Å². The van der Waals surface area contributed by atoms with E-state index in [1.807, 2.05) is 13.8 Å². The number of anilines is 1. The van der Waals surface area contributed by atoms with Crippen LogP contribution in [0.2, 0.25) is 0 Å². The van der Waals surface area contributed by atoms with Crippen molar-refractivity contribution in [2.45, 2.75) is 45.1 Å². The van der Waals surface area contributed by atoms with Crippen LogP contribution in [0.1, 0.15) is 55.3 Å². The summed E-state index contributed by atoms with van der Waals surface area (Å²) in [5, 5.41) is 5.52. The van der Waals surface area contributed by atoms with E-state index in [0.717, 1.165) is 12.8 Å². The number of carbonyl (C=O) groups excluding carboxylic acids is 2. The van der Waals surface area contributed by atoms with Gasteiger partial charge in [-0.2, -0.15) is 0 Å². The lowest BCUT2D eigenvalue weighted by molar-refractivity contribution is -0.121. The van der Waals surface area contributed by atoms with Crippen LogP contribution in [0.3, 0.4) is 0 Å². The predicted molar refractivity (Wildman–Crippen MR) is 78.6 cm³/mol. The first kappa shape index (κ1) is 15.2. The summed E-state index contributed by atoms with van der Waals surface area (Å²) in [4.78, 5) is 31.8. The molecule has 1 fully saturated rings. The van der Waals surface area contributed by atoms with E-state index >= 15 is 0 Å². The smallest absolute Gasteiger partial charge is 0.272 e. The minimum absolute atomic E-state index is 0.0451. The number of aromatic nitrogens is 2. The van der Waals surface area contributed by atoms with Crippen LogP contribution in [0.25, 0.3) is 0 Å². The normalized spacial score (nSPS) is 14.0. The van der Waals surface area contributed by atoms with Crippen molar-refractivity contribution in [2.75, 3.05) is 12.3 Å². The third-order valence-corrected chi connectivity index (χ3v) is 3.15. The lowest BCUT2D eigenvalue weighted by Gasteiger charge is -2.09. The Labute approximate surface area is 123 Å². The highest BCUT2D eigenvalue weighted by molar-refractivity contribution is 5.97. The second-order valence-electron chi connectivity index (χ2n) is 5.53. The van der Waals surface area contributed by atoms with Crippen molar-refractivity contribution in [3.05, 3.63) is 17.7 Å². The minimum Gasteiger partial charge on any atom is -0.396 e. The predicted octanol–water partition coefficient (Wildman–Crippen LogP) is 0.581. The Morgan fingerprint density at radius 3 is 2.76 bits per heavy atom. The SMILES string of the molecule is CC(C)c1ncc(N)c(C(=O)NCCC(=O)NC2CC2)n1. The van der Waals surface area contributed by atoms with E-state index in [-0.39, 0.29) is 42.1 Å². The van der Waals surface area contributed by atoms with Crippen LogP contribution in [0.4, 0.5) is 5.69 Å². The number of nitrogens with two attached hydrogens (primary N) is 1. The molecule has 0 unspecified atom stereocenters. The third-order valence-electron chi connectivity index (χ3n) is 3.15. The number of nitrogen functional groups attached to an aromatic ring is 1. The molecule has 4 N–H and O–H groups in total. The molecular weight excluding hydrogens is 270 g/mol. The fourth-order valence-electron chi connectivity index (χ4n) is 1.77. The van der Waals surface area contributed by atoms with Crippen LogP contribution in [-0.4, -0.2) is 34.4 Å². The Kier molecular flexibility index (Phi) is 4.72. The van der Waals surface area contributed by atoms with Gasteiger partial charge in [0.25, 0.3) is 5.91 Å². The second kappa shape index (κ2) is 6.51. The number of hydrogen-bond acceptors (Lipinski definition) is 5. The monoisotopic (exact) mass is 291 g/mol. The van der Waals surface area contributed by atoms with Gasteiger partial charge in [0.05, 0.1) is 11.9 Å². The highest BCUT2D eigenvalue weighted by Gasteiger charge is 2.23. The largest absolute Gasteiger partial charge is 0.396 e. The van der Waals surface area contributed by atoms with Crippen LogP contribution < -0.4 is 16.4 Å². The molecule has 0 saturated heterocycles. The fourth-order valence-corrected chi connectivity index (χ4v) is 1.77. The van der Waals surface area contributed by atoms with Crippen LogP contribution in [0.5, 0.6) is 0 Å². The Hall–Kier alpha value is -2.18. The second-order valence-corrected chi connectivity index (χ2v) is 5.53. The average molecular weight is 291 g/mol. The quantitative estimate of drug-likeness (QED) is 0.710. The Balaban J connectivity index is 1.87. The molecule has 1 aromatic rings. The summed E-state index contributed by atoms with van der Waals surface area (Å²) < 4.78 is 0. The van der Waals surface area contributed by atoms with Crippen LogP contribution in [-0.2, 0) is 4.79 Å². The van der Waals surface area contributed by atoms with Crippen molar-refractivity contribution in [1.29, 1.82) is 0 Å². The highest BCUT2D eigenvalue weighted by atomic mass is 16.2. The molecule has 21 heavy (non-hydrogen) atoms. The summed E-state index contributed by atoms with van der Waals surface area (Å²) in [5.74, 6) is 0.259. The van der Waals surface area contributed by atoms with Gasteiger partial charge in [0, 0.05) is 24.9 Å². The molecule has 0 aliphatic heterocycles. The zero-order valence-electron chi connectivity index (χ0n) is 12.3. The number of nitrogens with one attached hydrogen (secondary N) is 2. The molecule has 1 heterocycles. The zero-order valence-corrected chi connectivity index (χ0v) is 12.3. The van der Waals surface area contributed by atoms with Gasteiger partial charge in [-0.15, -0.1) is 0 Å². The molecule has 0 radical (unpaired) electrons. The summed E-state index contributed by atoms with van der Waals surface area (Å²) >= 11 is 0. The number of nitrogens with zero attached hydrogens (tertiary/aromatic N) is 2. The summed E-state index contributed by atoms with van der Waals surface area (Å²) in [6.45, 7) is 4.14. The van der Waals surface area contributed by atoms with Gasteiger partial charge in [0.2, 0.25) is 5.91 Å². The van der Waals surface area contributed by atoms with Gasteiger partial charge < -0.3 is 16.4 Å². The molecule has 7 nitrogen and oxygen atoms in total. The maximum atomic E-state index is 12.0. The first-order valence-corrected chi connectivity index (χ1v) is 7.17. The number of rotatable bonds is 6. The summed E-state index contributed by atoms with van der Waals surface area (Å²) in [5.41, 5.74) is 6.13. The molecule has 1 aromatic heterocycles. The Morgan fingerprint density at radius 2 is 2.14 bits per heavy atom. The molecule has 1 saturated carbocycles. The molecule has 0 aromatic carbocycles. The molecule has 0 atom stereocenters. The van der Waals surface area contributed by atoms with E-state index in [1.54, 1.807) is 0 Å². The van der Waals surface area contributed by atoms with Crippen molar-refractivity contribution in [1.82, 2.24) is 20.6 Å². The summed E-state index contributed by atoms with van der Waals surface area (Å²) in [7, 11) is 0. The van der Waals surface area contributed by atoms with Crippen molar-refractivity contribution >= 4 is 17.5 Å². The van der Waals surface area contributed by atoms with E-state index in [1.165, 1.54) is 6.20 Å². The summed E-state index contributed by atoms with van der Waals surface area (Å²) in [6.07, 6.45) is 3.79. The van der Waals surface area contributed by atoms with Crippen molar-refractivity contribution < 1.29 is 9.59 Å². The highest BCUT2D eigenvalue weighted by Crippen LogP contribution is 2.18. The standard InChI is InChI=1S/C14H21N5O2/c1-8(2)13-17-7-10(15)12(19-13)14(21)16-6-5-11(20)18-9-3-4-9/h7-9H,3-6,15H2,1-2H3,(H,16,21)(H,18,20). The number of carbonyl (C=O) groups is 2. The molecule has 2 rings (SSSR count). The van der Waals surface area contributed by atoms with E-state index in [2.05, 4.69) is 20.6 Å².